The number of fused-ring (bicyclic) bond motifs is 1. The summed E-state index contributed by atoms with van der Waals surface area (Å²) in [6.45, 7) is 0.781. The number of carbonyl (C=O) groups is 2. The fraction of sp³-hybridized carbons (Fsp3) is 0.500. The quantitative estimate of drug-likeness (QED) is 0.844. The number of nitrogens with zero attached hydrogens (tertiary/aromatic N) is 1. The summed E-state index contributed by atoms with van der Waals surface area (Å²) >= 11 is 0. The van der Waals surface area contributed by atoms with Crippen LogP contribution in [0.15, 0.2) is 35.9 Å². The maximum absolute atomic E-state index is 12.4. The normalized spacial score (nSPS) is 17.8. The molecule has 1 aliphatic heterocycles. The molecule has 0 unspecified atom stereocenters. The summed E-state index contributed by atoms with van der Waals surface area (Å²) in [6.07, 6.45) is 10.4. The second kappa shape index (κ2) is 8.13. The third kappa shape index (κ3) is 4.25. The van der Waals surface area contributed by atoms with Crippen molar-refractivity contribution in [2.75, 3.05) is 18.0 Å². The lowest BCUT2D eigenvalue weighted by atomic mass is 9.97. The molecule has 128 valence electrons. The topological polar surface area (TPSA) is 49.4 Å². The minimum atomic E-state index is -0.0727. The van der Waals surface area contributed by atoms with Crippen molar-refractivity contribution in [2.24, 2.45) is 0 Å². The standard InChI is InChI=1S/C20H26N2O2/c23-19(21-14-13-16-7-2-1-3-8-16)15-22-18-11-5-4-9-17(18)10-6-12-20(22)24/h4-5,7,9,11H,1-3,6,8,10,12-15H2,(H,21,23). The third-order valence-corrected chi connectivity index (χ3v) is 4.88. The van der Waals surface area contributed by atoms with E-state index in [2.05, 4.69) is 11.4 Å². The van der Waals surface area contributed by atoms with Gasteiger partial charge in [-0.2, -0.15) is 0 Å². The van der Waals surface area contributed by atoms with Gasteiger partial charge in [0.15, 0.2) is 0 Å². The summed E-state index contributed by atoms with van der Waals surface area (Å²) in [5.41, 5.74) is 3.51. The molecule has 1 heterocycles. The Morgan fingerprint density at radius 3 is 2.79 bits per heavy atom. The monoisotopic (exact) mass is 326 g/mol. The van der Waals surface area contributed by atoms with Crippen LogP contribution < -0.4 is 10.2 Å². The van der Waals surface area contributed by atoms with Gasteiger partial charge in [0, 0.05) is 18.7 Å². The van der Waals surface area contributed by atoms with Gasteiger partial charge < -0.3 is 10.2 Å². The van der Waals surface area contributed by atoms with E-state index < -0.39 is 0 Å². The van der Waals surface area contributed by atoms with Gasteiger partial charge in [-0.15, -0.1) is 0 Å². The third-order valence-electron chi connectivity index (χ3n) is 4.88. The van der Waals surface area contributed by atoms with Gasteiger partial charge in [-0.3, -0.25) is 9.59 Å². The zero-order valence-corrected chi connectivity index (χ0v) is 14.2. The molecule has 3 rings (SSSR count). The molecule has 0 spiro atoms. The lowest BCUT2D eigenvalue weighted by molar-refractivity contribution is -0.123. The van der Waals surface area contributed by atoms with E-state index in [-0.39, 0.29) is 18.4 Å². The number of hydrogen-bond donors (Lipinski definition) is 1. The molecule has 0 bridgehead atoms. The fourth-order valence-electron chi connectivity index (χ4n) is 3.55. The number of amides is 2. The molecule has 2 amide bonds. The van der Waals surface area contributed by atoms with Crippen LogP contribution in [0.4, 0.5) is 5.69 Å². The highest BCUT2D eigenvalue weighted by molar-refractivity contribution is 5.99. The molecule has 0 aromatic heterocycles. The van der Waals surface area contributed by atoms with Gasteiger partial charge in [0.1, 0.15) is 6.54 Å². The Bertz CT molecular complexity index is 636. The van der Waals surface area contributed by atoms with Crippen LogP contribution in [0.5, 0.6) is 0 Å². The van der Waals surface area contributed by atoms with Gasteiger partial charge >= 0.3 is 0 Å². The van der Waals surface area contributed by atoms with E-state index in [1.165, 1.54) is 24.8 Å². The SMILES string of the molecule is O=C(CN1C(=O)CCCc2ccccc21)NCCC1=CCCCC1. The van der Waals surface area contributed by atoms with Crippen molar-refractivity contribution in [3.8, 4) is 0 Å². The molecule has 24 heavy (non-hydrogen) atoms. The van der Waals surface area contributed by atoms with Crippen molar-refractivity contribution < 1.29 is 9.59 Å². The smallest absolute Gasteiger partial charge is 0.240 e. The Kier molecular flexibility index (Phi) is 5.68. The predicted molar refractivity (Wildman–Crippen MR) is 95.9 cm³/mol. The molecule has 4 heteroatoms. The zero-order chi connectivity index (χ0) is 16.8. The van der Waals surface area contributed by atoms with Crippen LogP contribution in [-0.2, 0) is 16.0 Å². The highest BCUT2D eigenvalue weighted by atomic mass is 16.2. The number of nitrogens with one attached hydrogen (secondary N) is 1. The van der Waals surface area contributed by atoms with Crippen LogP contribution in [0.1, 0.15) is 50.5 Å². The van der Waals surface area contributed by atoms with Gasteiger partial charge in [-0.05, 0) is 56.6 Å². The Balaban J connectivity index is 1.56. The highest BCUT2D eigenvalue weighted by Crippen LogP contribution is 2.26. The molecule has 4 nitrogen and oxygen atoms in total. The van der Waals surface area contributed by atoms with E-state index in [0.29, 0.717) is 13.0 Å². The maximum atomic E-state index is 12.4. The predicted octanol–water partition coefficient (Wildman–Crippen LogP) is 3.36. The summed E-state index contributed by atoms with van der Waals surface area (Å²) in [5.74, 6) is -0.0263. The highest BCUT2D eigenvalue weighted by Gasteiger charge is 2.23. The summed E-state index contributed by atoms with van der Waals surface area (Å²) in [5, 5.41) is 2.98. The van der Waals surface area contributed by atoms with Crippen LogP contribution in [0.2, 0.25) is 0 Å². The minimum absolute atomic E-state index is 0.0464. The van der Waals surface area contributed by atoms with E-state index in [1.807, 2.05) is 24.3 Å². The van der Waals surface area contributed by atoms with Crippen molar-refractivity contribution in [2.45, 2.75) is 51.4 Å². The first kappa shape index (κ1) is 16.7. The number of rotatable bonds is 5. The molecular formula is C20H26N2O2. The number of hydrogen-bond acceptors (Lipinski definition) is 2. The van der Waals surface area contributed by atoms with Crippen LogP contribution in [0.3, 0.4) is 0 Å². The number of allylic oxidation sites excluding steroid dienone is 1. The molecule has 0 radical (unpaired) electrons. The van der Waals surface area contributed by atoms with Crippen molar-refractivity contribution >= 4 is 17.5 Å². The van der Waals surface area contributed by atoms with Gasteiger partial charge in [0.2, 0.25) is 11.8 Å². The summed E-state index contributed by atoms with van der Waals surface area (Å²) in [6, 6.07) is 7.91. The number of anilines is 1. The molecule has 1 aromatic carbocycles. The van der Waals surface area contributed by atoms with E-state index in [9.17, 15) is 9.59 Å². The van der Waals surface area contributed by atoms with Crippen LogP contribution in [-0.4, -0.2) is 24.9 Å². The second-order valence-corrected chi connectivity index (χ2v) is 6.67. The summed E-state index contributed by atoms with van der Waals surface area (Å²) < 4.78 is 0. The Labute approximate surface area is 143 Å². The first-order valence-electron chi connectivity index (χ1n) is 9.07. The van der Waals surface area contributed by atoms with Gasteiger partial charge in [0.25, 0.3) is 0 Å². The summed E-state index contributed by atoms with van der Waals surface area (Å²) in [4.78, 5) is 26.3. The molecule has 1 N–H and O–H groups in total. The molecule has 1 aromatic rings. The molecule has 2 aliphatic rings. The maximum Gasteiger partial charge on any atom is 0.240 e. The van der Waals surface area contributed by atoms with Crippen LogP contribution in [0.25, 0.3) is 0 Å². The minimum Gasteiger partial charge on any atom is -0.354 e. The number of para-hydroxylation sites is 1. The second-order valence-electron chi connectivity index (χ2n) is 6.67. The first-order valence-corrected chi connectivity index (χ1v) is 9.07. The lowest BCUT2D eigenvalue weighted by Gasteiger charge is -2.22. The van der Waals surface area contributed by atoms with Crippen LogP contribution in [0, 0.1) is 0 Å². The number of carbonyl (C=O) groups excluding carboxylic acids is 2. The van der Waals surface area contributed by atoms with Crippen molar-refractivity contribution in [3.63, 3.8) is 0 Å². The van der Waals surface area contributed by atoms with Crippen molar-refractivity contribution in [3.05, 3.63) is 41.5 Å². The molecule has 0 saturated carbocycles. The lowest BCUT2D eigenvalue weighted by Crippen LogP contribution is -2.41. The Morgan fingerprint density at radius 2 is 1.96 bits per heavy atom. The fourth-order valence-corrected chi connectivity index (χ4v) is 3.55. The first-order chi connectivity index (χ1) is 11.7. The molecule has 1 aliphatic carbocycles. The molecular weight excluding hydrogens is 300 g/mol. The van der Waals surface area contributed by atoms with Crippen LogP contribution >= 0.6 is 0 Å². The van der Waals surface area contributed by atoms with Crippen molar-refractivity contribution in [1.29, 1.82) is 0 Å². The van der Waals surface area contributed by atoms with Gasteiger partial charge in [0.05, 0.1) is 0 Å². The Morgan fingerprint density at radius 1 is 1.08 bits per heavy atom. The van der Waals surface area contributed by atoms with E-state index >= 15 is 0 Å². The van der Waals surface area contributed by atoms with Gasteiger partial charge in [-0.25, -0.2) is 0 Å². The van der Waals surface area contributed by atoms with E-state index in [4.69, 9.17) is 0 Å². The number of benzene rings is 1. The number of aryl methyl sites for hydroxylation is 1. The molecule has 0 fully saturated rings. The van der Waals surface area contributed by atoms with Crippen molar-refractivity contribution in [1.82, 2.24) is 5.32 Å². The average Bonchev–Trinajstić information content (AvgIpc) is 2.75. The zero-order valence-electron chi connectivity index (χ0n) is 14.2. The van der Waals surface area contributed by atoms with Gasteiger partial charge in [-0.1, -0.05) is 29.8 Å². The molecule has 0 atom stereocenters. The van der Waals surface area contributed by atoms with E-state index in [0.717, 1.165) is 36.9 Å². The molecule has 0 saturated heterocycles. The largest absolute Gasteiger partial charge is 0.354 e. The Hall–Kier alpha value is -2.10. The summed E-state index contributed by atoms with van der Waals surface area (Å²) in [7, 11) is 0. The van der Waals surface area contributed by atoms with E-state index in [1.54, 1.807) is 4.90 Å². The average molecular weight is 326 g/mol.